The van der Waals surface area contributed by atoms with Gasteiger partial charge in [-0.1, -0.05) is 0 Å². The van der Waals surface area contributed by atoms with Crippen molar-refractivity contribution < 1.29 is 13.0 Å². The molecule has 4 N–H and O–H groups in total. The predicted octanol–water partition coefficient (Wildman–Crippen LogP) is 1.82. The lowest BCUT2D eigenvalue weighted by Crippen LogP contribution is -2.59. The molecule has 0 radical (unpaired) electrons. The van der Waals surface area contributed by atoms with E-state index < -0.39 is 17.1 Å². The first-order valence-electron chi connectivity index (χ1n) is 6.33. The van der Waals surface area contributed by atoms with E-state index >= 15 is 0 Å². The molecule has 0 saturated carbocycles. The Morgan fingerprint density at radius 2 is 1.05 bits per heavy atom. The molecule has 0 aromatic rings. The quantitative estimate of drug-likeness (QED) is 0.528. The third kappa shape index (κ3) is 11.3. The smallest absolute Gasteiger partial charge is 0.340 e. The van der Waals surface area contributed by atoms with E-state index in [0.717, 1.165) is 0 Å². The molecule has 2 unspecified atom stereocenters. The predicted molar refractivity (Wildman–Crippen MR) is 88.2 cm³/mol. The molecule has 19 heavy (non-hydrogen) atoms. The third-order valence-electron chi connectivity index (χ3n) is 2.07. The monoisotopic (exact) mass is 308 g/mol. The zero-order valence-corrected chi connectivity index (χ0v) is 15.0. The van der Waals surface area contributed by atoms with Gasteiger partial charge in [-0.2, -0.15) is 0 Å². The Bertz CT molecular complexity index is 193. The Balaban J connectivity index is -0.000000579. The molecule has 0 aliphatic heterocycles. The van der Waals surface area contributed by atoms with Crippen LogP contribution in [0.25, 0.3) is 0 Å². The van der Waals surface area contributed by atoms with Gasteiger partial charge in [-0.25, -0.2) is 0 Å². The number of rotatable bonds is 8. The van der Waals surface area contributed by atoms with E-state index in [4.69, 9.17) is 24.4 Å². The lowest BCUT2D eigenvalue weighted by Gasteiger charge is -2.35. The van der Waals surface area contributed by atoms with Gasteiger partial charge in [0, 0.05) is 25.5 Å². The van der Waals surface area contributed by atoms with Crippen LogP contribution in [-0.2, 0) is 13.0 Å². The van der Waals surface area contributed by atoms with E-state index in [1.54, 1.807) is 0 Å². The van der Waals surface area contributed by atoms with Gasteiger partial charge >= 0.3 is 17.1 Å². The first-order chi connectivity index (χ1) is 8.95. The molecule has 7 heteroatoms. The van der Waals surface area contributed by atoms with Crippen LogP contribution in [0, 0.1) is 0 Å². The van der Waals surface area contributed by atoms with E-state index in [9.17, 15) is 0 Å². The lowest BCUT2D eigenvalue weighted by molar-refractivity contribution is 0.201. The molecule has 0 heterocycles. The zero-order valence-electron chi connectivity index (χ0n) is 13.0. The van der Waals surface area contributed by atoms with Crippen molar-refractivity contribution in [3.63, 3.8) is 0 Å². The Hall–Kier alpha value is -0.286. The first kappa shape index (κ1) is 23.8. The second-order valence-electron chi connectivity index (χ2n) is 3.64. The maximum Gasteiger partial charge on any atom is 0.340 e. The minimum absolute atomic E-state index is 0.427. The van der Waals surface area contributed by atoms with Crippen LogP contribution in [-0.4, -0.2) is 42.7 Å². The van der Waals surface area contributed by atoms with Gasteiger partial charge in [-0.3, -0.25) is 0 Å². The van der Waals surface area contributed by atoms with Crippen molar-refractivity contribution in [2.75, 3.05) is 25.5 Å². The molecule has 116 valence electrons. The van der Waals surface area contributed by atoms with E-state index in [1.165, 1.54) is 0 Å². The summed E-state index contributed by atoms with van der Waals surface area (Å²) < 4.78 is 17.2. The molecule has 0 fully saturated rings. The van der Waals surface area contributed by atoms with Gasteiger partial charge < -0.3 is 24.4 Å². The zero-order chi connectivity index (χ0) is 15.9. The average Bonchev–Trinajstić information content (AvgIpc) is 2.43. The fourth-order valence-electron chi connectivity index (χ4n) is 1.33. The highest BCUT2D eigenvalue weighted by atomic mass is 28.5. The third-order valence-corrected chi connectivity index (χ3v) is 8.81. The molecule has 0 aliphatic carbocycles. The summed E-state index contributed by atoms with van der Waals surface area (Å²) in [7, 11) is -4.56. The summed E-state index contributed by atoms with van der Waals surface area (Å²) in [6.45, 7) is 21.0. The molecule has 0 aromatic carbocycles. The van der Waals surface area contributed by atoms with Crippen LogP contribution in [0.2, 0.25) is 13.1 Å². The van der Waals surface area contributed by atoms with Crippen molar-refractivity contribution in [2.24, 2.45) is 11.5 Å². The van der Waals surface area contributed by atoms with Gasteiger partial charge in [0.1, 0.15) is 0 Å². The van der Waals surface area contributed by atoms with E-state index in [-0.39, 0.29) is 0 Å². The van der Waals surface area contributed by atoms with Crippen LogP contribution in [0.1, 0.15) is 13.8 Å². The van der Waals surface area contributed by atoms with Crippen molar-refractivity contribution in [1.82, 2.24) is 0 Å². The summed E-state index contributed by atoms with van der Waals surface area (Å²) in [6.07, 6.45) is 0.854. The summed E-state index contributed by atoms with van der Waals surface area (Å²) in [4.78, 5) is 0. The fourth-order valence-corrected chi connectivity index (χ4v) is 7.58. The van der Waals surface area contributed by atoms with Crippen molar-refractivity contribution in [1.29, 1.82) is 0 Å². The van der Waals surface area contributed by atoms with Gasteiger partial charge in [0.25, 0.3) is 0 Å². The molecule has 0 spiro atoms. The van der Waals surface area contributed by atoms with Crippen LogP contribution < -0.4 is 11.5 Å². The van der Waals surface area contributed by atoms with Crippen LogP contribution in [0.4, 0.5) is 0 Å². The highest BCUT2D eigenvalue weighted by Gasteiger charge is 2.41. The van der Waals surface area contributed by atoms with E-state index in [1.807, 2.05) is 26.9 Å². The Morgan fingerprint density at radius 3 is 1.21 bits per heavy atom. The minimum atomic E-state index is -2.28. The molecular formula is C12H32N2O3Si2. The molecule has 0 amide bonds. The van der Waals surface area contributed by atoms with Crippen molar-refractivity contribution >= 4 is 17.1 Å². The molecule has 0 saturated heterocycles. The average molecular weight is 309 g/mol. The molecule has 0 aliphatic rings. The van der Waals surface area contributed by atoms with E-state index in [2.05, 4.69) is 26.3 Å². The largest absolute Gasteiger partial charge is 0.413 e. The second kappa shape index (κ2) is 14.1. The molecule has 0 aromatic heterocycles. The van der Waals surface area contributed by atoms with Crippen LogP contribution >= 0.6 is 0 Å². The van der Waals surface area contributed by atoms with Crippen molar-refractivity contribution in [3.05, 3.63) is 26.3 Å². The fraction of sp³-hybridized carbons (Fsp3) is 0.667. The van der Waals surface area contributed by atoms with Gasteiger partial charge in [-0.15, -0.1) is 26.3 Å². The van der Waals surface area contributed by atoms with Gasteiger partial charge in [0.05, 0.1) is 0 Å². The lowest BCUT2D eigenvalue weighted by atomic mass is 10.9. The summed E-state index contributed by atoms with van der Waals surface area (Å²) in [6, 6.07) is 0. The summed E-state index contributed by atoms with van der Waals surface area (Å²) in [5.74, 6) is 0. The second-order valence-corrected chi connectivity index (χ2v) is 10.4. The van der Waals surface area contributed by atoms with Crippen LogP contribution in [0.15, 0.2) is 26.3 Å². The van der Waals surface area contributed by atoms with Crippen molar-refractivity contribution in [3.8, 4) is 0 Å². The maximum atomic E-state index is 5.99. The Morgan fingerprint density at radius 1 is 0.789 bits per heavy atom. The molecular weight excluding hydrogens is 276 g/mol. The minimum Gasteiger partial charge on any atom is -0.413 e. The number of nitrogens with two attached hydrogens (primary N) is 2. The molecule has 0 bridgehead atoms. The van der Waals surface area contributed by atoms with Gasteiger partial charge in [-0.05, 0) is 26.9 Å². The Labute approximate surface area is 121 Å². The van der Waals surface area contributed by atoms with Crippen LogP contribution in [0.5, 0.6) is 0 Å². The topological polar surface area (TPSA) is 79.7 Å². The number of hydrogen-bond acceptors (Lipinski definition) is 5. The normalized spacial score (nSPS) is 15.9. The first-order valence-corrected chi connectivity index (χ1v) is 11.4. The molecule has 0 rings (SSSR count). The summed E-state index contributed by atoms with van der Waals surface area (Å²) in [5, 5.41) is 0. The SMILES string of the molecule is C=C.C=C.CCO[Si](C)(CN)O[Si](C)(CN)OCC. The van der Waals surface area contributed by atoms with E-state index in [0.29, 0.717) is 25.5 Å². The highest BCUT2D eigenvalue weighted by molar-refractivity contribution is 6.80. The van der Waals surface area contributed by atoms with Gasteiger partial charge in [0.2, 0.25) is 0 Å². The van der Waals surface area contributed by atoms with Gasteiger partial charge in [0.15, 0.2) is 0 Å². The maximum absolute atomic E-state index is 5.99. The standard InChI is InChI=1S/C8H24N2O3Si2.2C2H4/c1-5-11-14(3,7-9)13-15(4,8-10)12-6-2;2*1-2/h5-10H2,1-4H3;2*1-2H2. The summed E-state index contributed by atoms with van der Waals surface area (Å²) in [5.41, 5.74) is 11.4. The van der Waals surface area contributed by atoms with Crippen molar-refractivity contribution in [2.45, 2.75) is 26.9 Å². The summed E-state index contributed by atoms with van der Waals surface area (Å²) >= 11 is 0. The molecule has 5 nitrogen and oxygen atoms in total. The molecule has 2 atom stereocenters. The Kier molecular flexibility index (Phi) is 17.7. The van der Waals surface area contributed by atoms with Crippen LogP contribution in [0.3, 0.4) is 0 Å². The highest BCUT2D eigenvalue weighted by Crippen LogP contribution is 2.15. The number of hydrogen-bond donors (Lipinski definition) is 2.